The van der Waals surface area contributed by atoms with Gasteiger partial charge in [0.25, 0.3) is 0 Å². The number of aromatic hydroxyl groups is 2. The molecule has 0 fully saturated rings. The summed E-state index contributed by atoms with van der Waals surface area (Å²) < 4.78 is 37.6. The van der Waals surface area contributed by atoms with Crippen LogP contribution in [0.2, 0.25) is 0 Å². The first-order chi connectivity index (χ1) is 11.8. The van der Waals surface area contributed by atoms with Crippen LogP contribution in [-0.2, 0) is 6.18 Å². The molecule has 0 bridgehead atoms. The van der Waals surface area contributed by atoms with E-state index in [1.165, 1.54) is 30.6 Å². The van der Waals surface area contributed by atoms with Crippen molar-refractivity contribution in [3.8, 4) is 22.8 Å². The minimum atomic E-state index is -4.45. The van der Waals surface area contributed by atoms with Gasteiger partial charge < -0.3 is 15.5 Å². The Hall–Kier alpha value is -3.36. The minimum absolute atomic E-state index is 0.186. The molecule has 3 rings (SSSR count). The summed E-state index contributed by atoms with van der Waals surface area (Å²) in [5, 5.41) is 21.7. The largest absolute Gasteiger partial charge is 0.504 e. The molecule has 0 saturated carbocycles. The van der Waals surface area contributed by atoms with Gasteiger partial charge in [-0.15, -0.1) is 0 Å². The van der Waals surface area contributed by atoms with Crippen molar-refractivity contribution in [2.75, 3.05) is 5.32 Å². The third-order valence-electron chi connectivity index (χ3n) is 3.29. The Morgan fingerprint density at radius 2 is 1.64 bits per heavy atom. The SMILES string of the molecule is Oc1ccc(-c2cc(Nc3ccc(C(F)(F)F)cn3)ncn2)cc1O. The molecule has 0 unspecified atom stereocenters. The quantitative estimate of drug-likeness (QED) is 0.625. The number of hydrogen-bond donors (Lipinski definition) is 3. The minimum Gasteiger partial charge on any atom is -0.504 e. The van der Waals surface area contributed by atoms with Crippen molar-refractivity contribution in [1.29, 1.82) is 0 Å². The van der Waals surface area contributed by atoms with E-state index in [0.717, 1.165) is 12.3 Å². The summed E-state index contributed by atoms with van der Waals surface area (Å²) in [5.74, 6) is -0.0591. The second kappa shape index (κ2) is 6.27. The topological polar surface area (TPSA) is 91.2 Å². The number of alkyl halides is 3. The maximum Gasteiger partial charge on any atom is 0.417 e. The van der Waals surface area contributed by atoms with Crippen LogP contribution in [0.15, 0.2) is 48.9 Å². The first-order valence-corrected chi connectivity index (χ1v) is 6.97. The van der Waals surface area contributed by atoms with Crippen molar-refractivity contribution >= 4 is 11.6 Å². The van der Waals surface area contributed by atoms with Crippen molar-refractivity contribution in [1.82, 2.24) is 15.0 Å². The maximum absolute atomic E-state index is 12.5. The number of halogens is 3. The summed E-state index contributed by atoms with van der Waals surface area (Å²) in [6.07, 6.45) is -2.47. The number of hydrogen-bond acceptors (Lipinski definition) is 6. The van der Waals surface area contributed by atoms with Crippen LogP contribution in [0, 0.1) is 0 Å². The van der Waals surface area contributed by atoms with Crippen LogP contribution < -0.4 is 5.32 Å². The molecule has 1 aromatic carbocycles. The van der Waals surface area contributed by atoms with Gasteiger partial charge in [0.05, 0.1) is 11.3 Å². The molecule has 6 nitrogen and oxygen atoms in total. The number of nitrogens with one attached hydrogen (secondary N) is 1. The molecule has 0 saturated heterocycles. The lowest BCUT2D eigenvalue weighted by atomic mass is 10.1. The van der Waals surface area contributed by atoms with Gasteiger partial charge in [-0.05, 0) is 30.3 Å². The summed E-state index contributed by atoms with van der Waals surface area (Å²) in [5.41, 5.74) is 0.127. The van der Waals surface area contributed by atoms with Gasteiger partial charge in [0.2, 0.25) is 0 Å². The molecule has 2 heterocycles. The van der Waals surface area contributed by atoms with Crippen LogP contribution in [-0.4, -0.2) is 25.2 Å². The molecular weight excluding hydrogens is 337 g/mol. The van der Waals surface area contributed by atoms with Crippen molar-refractivity contribution in [3.05, 3.63) is 54.5 Å². The smallest absolute Gasteiger partial charge is 0.417 e. The van der Waals surface area contributed by atoms with Gasteiger partial charge in [-0.3, -0.25) is 0 Å². The number of nitrogens with zero attached hydrogens (tertiary/aromatic N) is 3. The molecule has 25 heavy (non-hydrogen) atoms. The van der Waals surface area contributed by atoms with E-state index in [9.17, 15) is 23.4 Å². The van der Waals surface area contributed by atoms with E-state index in [1.54, 1.807) is 6.07 Å². The molecule has 0 amide bonds. The normalized spacial score (nSPS) is 11.3. The molecular formula is C16H11F3N4O2. The van der Waals surface area contributed by atoms with Crippen molar-refractivity contribution in [2.24, 2.45) is 0 Å². The van der Waals surface area contributed by atoms with E-state index >= 15 is 0 Å². The summed E-state index contributed by atoms with van der Waals surface area (Å²) in [7, 11) is 0. The predicted molar refractivity (Wildman–Crippen MR) is 83.3 cm³/mol. The van der Waals surface area contributed by atoms with Gasteiger partial charge in [0.15, 0.2) is 11.5 Å². The van der Waals surface area contributed by atoms with Crippen LogP contribution in [0.5, 0.6) is 11.5 Å². The zero-order valence-corrected chi connectivity index (χ0v) is 12.5. The lowest BCUT2D eigenvalue weighted by Crippen LogP contribution is -2.06. The lowest BCUT2D eigenvalue weighted by molar-refractivity contribution is -0.137. The molecule has 3 aromatic rings. The highest BCUT2D eigenvalue weighted by molar-refractivity contribution is 5.67. The standard InChI is InChI=1S/C16H11F3N4O2/c17-16(18,19)10-2-4-14(20-7-10)23-15-6-11(21-8-22-15)9-1-3-12(24)13(25)5-9/h1-8,24-25H,(H,20,21,22,23). The molecule has 0 aliphatic carbocycles. The summed E-state index contributed by atoms with van der Waals surface area (Å²) >= 11 is 0. The van der Waals surface area contributed by atoms with E-state index in [4.69, 9.17) is 0 Å². The van der Waals surface area contributed by atoms with Gasteiger partial charge in [0, 0.05) is 17.8 Å². The number of anilines is 2. The molecule has 0 radical (unpaired) electrons. The molecule has 0 aliphatic rings. The summed E-state index contributed by atoms with van der Waals surface area (Å²) in [6.45, 7) is 0. The number of benzene rings is 1. The molecule has 0 spiro atoms. The fourth-order valence-corrected chi connectivity index (χ4v) is 2.03. The number of phenols is 2. The van der Waals surface area contributed by atoms with Crippen LogP contribution in [0.4, 0.5) is 24.8 Å². The molecule has 128 valence electrons. The van der Waals surface area contributed by atoms with Crippen molar-refractivity contribution in [3.63, 3.8) is 0 Å². The fourth-order valence-electron chi connectivity index (χ4n) is 2.03. The van der Waals surface area contributed by atoms with Crippen LogP contribution in [0.25, 0.3) is 11.3 Å². The van der Waals surface area contributed by atoms with Crippen molar-refractivity contribution in [2.45, 2.75) is 6.18 Å². The second-order valence-electron chi connectivity index (χ2n) is 5.05. The zero-order valence-electron chi connectivity index (χ0n) is 12.5. The van der Waals surface area contributed by atoms with E-state index in [2.05, 4.69) is 20.3 Å². The van der Waals surface area contributed by atoms with Gasteiger partial charge >= 0.3 is 6.18 Å². The van der Waals surface area contributed by atoms with Crippen LogP contribution in [0.1, 0.15) is 5.56 Å². The average molecular weight is 348 g/mol. The third kappa shape index (κ3) is 3.77. The molecule has 2 aromatic heterocycles. The molecule has 0 atom stereocenters. The molecule has 3 N–H and O–H groups in total. The Kier molecular flexibility index (Phi) is 4.14. The molecule has 0 aliphatic heterocycles. The number of phenolic OH excluding ortho intramolecular Hbond substituents is 2. The Morgan fingerprint density at radius 3 is 2.28 bits per heavy atom. The van der Waals surface area contributed by atoms with Gasteiger partial charge in [-0.2, -0.15) is 13.2 Å². The summed E-state index contributed by atoms with van der Waals surface area (Å²) in [6, 6.07) is 7.84. The number of rotatable bonds is 3. The van der Waals surface area contributed by atoms with E-state index in [-0.39, 0.29) is 17.3 Å². The Balaban J connectivity index is 1.83. The summed E-state index contributed by atoms with van der Waals surface area (Å²) in [4.78, 5) is 11.7. The highest BCUT2D eigenvalue weighted by atomic mass is 19.4. The Labute approximate surface area is 139 Å². The second-order valence-corrected chi connectivity index (χ2v) is 5.05. The van der Waals surface area contributed by atoms with E-state index < -0.39 is 11.7 Å². The Morgan fingerprint density at radius 1 is 0.840 bits per heavy atom. The van der Waals surface area contributed by atoms with Crippen LogP contribution >= 0.6 is 0 Å². The predicted octanol–water partition coefficient (Wildman–Crippen LogP) is 3.71. The van der Waals surface area contributed by atoms with E-state index in [1.807, 2.05) is 0 Å². The first kappa shape index (κ1) is 16.5. The van der Waals surface area contributed by atoms with Crippen LogP contribution in [0.3, 0.4) is 0 Å². The number of aromatic nitrogens is 3. The van der Waals surface area contributed by atoms with Gasteiger partial charge in [-0.1, -0.05) is 0 Å². The Bertz CT molecular complexity index is 899. The maximum atomic E-state index is 12.5. The fraction of sp³-hybridized carbons (Fsp3) is 0.0625. The average Bonchev–Trinajstić information content (AvgIpc) is 2.57. The molecule has 9 heteroatoms. The highest BCUT2D eigenvalue weighted by Crippen LogP contribution is 2.31. The highest BCUT2D eigenvalue weighted by Gasteiger charge is 2.30. The monoisotopic (exact) mass is 348 g/mol. The van der Waals surface area contributed by atoms with Crippen molar-refractivity contribution < 1.29 is 23.4 Å². The van der Waals surface area contributed by atoms with Gasteiger partial charge in [0.1, 0.15) is 18.0 Å². The van der Waals surface area contributed by atoms with E-state index in [0.29, 0.717) is 17.1 Å². The van der Waals surface area contributed by atoms with Gasteiger partial charge in [-0.25, -0.2) is 15.0 Å². The lowest BCUT2D eigenvalue weighted by Gasteiger charge is -2.09. The first-order valence-electron chi connectivity index (χ1n) is 6.97. The number of pyridine rings is 1. The third-order valence-corrected chi connectivity index (χ3v) is 3.29. The zero-order chi connectivity index (χ0) is 18.0.